The maximum Gasteiger partial charge on any atom is 0.341 e. The molecule has 6 heterocycles. The first-order chi connectivity index (χ1) is 26.3. The minimum Gasteiger partial charge on any atom is -0.423 e. The van der Waals surface area contributed by atoms with Gasteiger partial charge < -0.3 is 40.6 Å². The monoisotopic (exact) mass is 751 g/mol. The number of nitrogen functional groups attached to an aromatic ring is 1. The van der Waals surface area contributed by atoms with E-state index in [2.05, 4.69) is 42.5 Å². The number of ketones is 1. The van der Waals surface area contributed by atoms with Gasteiger partial charge in [-0.15, -0.1) is 0 Å². The van der Waals surface area contributed by atoms with Gasteiger partial charge in [0.25, 0.3) is 0 Å². The van der Waals surface area contributed by atoms with Crippen LogP contribution in [0.15, 0.2) is 64.2 Å². The molecular formula is C40H49N9O6. The van der Waals surface area contributed by atoms with Crippen molar-refractivity contribution >= 4 is 52.7 Å². The summed E-state index contributed by atoms with van der Waals surface area (Å²) in [6.07, 6.45) is 12.2. The van der Waals surface area contributed by atoms with Crippen LogP contribution < -0.4 is 16.4 Å². The maximum absolute atomic E-state index is 13.9. The molecule has 3 aromatic rings. The molecule has 6 N–H and O–H groups in total. The minimum absolute atomic E-state index is 0.0267. The number of hydrogen-bond donors (Lipinski definition) is 5. The number of nitrogens with zero attached hydrogens (tertiary/aromatic N) is 6. The quantitative estimate of drug-likeness (QED) is 0.133. The smallest absolute Gasteiger partial charge is 0.341 e. The van der Waals surface area contributed by atoms with Crippen molar-refractivity contribution in [2.75, 3.05) is 30.8 Å². The number of epoxide rings is 1. The molecule has 0 bridgehead atoms. The SMILES string of the molecule is CC(NC1CC2[C@](C)(CC[C@@H](O)[C@@]2(C)CO)C(CC(Nc2ccccn2)C2=C/C(=C\c3cn(C)c4nc(N)ncc34)OC2=O)C12CO2)C(=O)CC1=NCC=N1. The zero-order valence-electron chi connectivity index (χ0n) is 31.6. The summed E-state index contributed by atoms with van der Waals surface area (Å²) in [6, 6.07) is 4.21. The fourth-order valence-electron chi connectivity index (χ4n) is 9.96. The van der Waals surface area contributed by atoms with E-state index < -0.39 is 40.6 Å². The molecule has 3 aromatic heterocycles. The number of anilines is 2. The van der Waals surface area contributed by atoms with Gasteiger partial charge in [-0.1, -0.05) is 19.9 Å². The molecule has 0 radical (unpaired) electrons. The van der Waals surface area contributed by atoms with Crippen molar-refractivity contribution in [3.8, 4) is 0 Å². The summed E-state index contributed by atoms with van der Waals surface area (Å²) in [5.41, 5.74) is 5.83. The highest BCUT2D eigenvalue weighted by molar-refractivity contribution is 6.07. The number of Topliss-reactive ketones (excluding diaryl/α,β-unsaturated/α-hetero) is 1. The van der Waals surface area contributed by atoms with Crippen molar-refractivity contribution in [3.63, 3.8) is 0 Å². The number of pyridine rings is 1. The number of nitrogens with two attached hydrogens (primary N) is 1. The molecule has 0 aromatic carbocycles. The number of nitrogens with one attached hydrogen (secondary N) is 2. The molecule has 15 heteroatoms. The van der Waals surface area contributed by atoms with E-state index in [0.29, 0.717) is 67.5 Å². The Bertz CT molecular complexity index is 2130. The number of aliphatic hydroxyl groups is 2. The minimum atomic E-state index is -0.805. The molecular weight excluding hydrogens is 702 g/mol. The Morgan fingerprint density at radius 2 is 2.07 bits per heavy atom. The third kappa shape index (κ3) is 6.56. The topological polar surface area (TPSA) is 215 Å². The highest BCUT2D eigenvalue weighted by atomic mass is 16.6. The van der Waals surface area contributed by atoms with E-state index in [4.69, 9.17) is 15.2 Å². The number of fused-ring (bicyclic) bond motifs is 2. The number of aromatic nitrogens is 4. The summed E-state index contributed by atoms with van der Waals surface area (Å²) in [4.78, 5) is 49.0. The first kappa shape index (κ1) is 37.1. The average Bonchev–Trinajstić information content (AvgIpc) is 3.43. The molecule has 1 spiro atoms. The first-order valence-electron chi connectivity index (χ1n) is 19.0. The highest BCUT2D eigenvalue weighted by Crippen LogP contribution is 2.66. The molecule has 290 valence electrons. The van der Waals surface area contributed by atoms with Crippen LogP contribution in [0.2, 0.25) is 0 Å². The lowest BCUT2D eigenvalue weighted by Crippen LogP contribution is -2.67. The summed E-state index contributed by atoms with van der Waals surface area (Å²) in [6.45, 7) is 6.82. The van der Waals surface area contributed by atoms with Gasteiger partial charge in [0, 0.05) is 54.3 Å². The van der Waals surface area contributed by atoms with Gasteiger partial charge in [-0.3, -0.25) is 9.79 Å². The zero-order valence-corrected chi connectivity index (χ0v) is 31.6. The fraction of sp³-hybridized carbons (Fsp3) is 0.525. The summed E-state index contributed by atoms with van der Waals surface area (Å²) in [5.74, 6) is 0.840. The normalized spacial score (nSPS) is 33.0. The largest absolute Gasteiger partial charge is 0.423 e. The van der Waals surface area contributed by atoms with Crippen molar-refractivity contribution in [2.45, 2.75) is 82.7 Å². The van der Waals surface area contributed by atoms with Gasteiger partial charge in [-0.2, -0.15) is 4.98 Å². The molecule has 3 aliphatic heterocycles. The Labute approximate surface area is 319 Å². The van der Waals surface area contributed by atoms with Crippen LogP contribution in [0.5, 0.6) is 0 Å². The third-order valence-electron chi connectivity index (χ3n) is 13.1. The molecule has 0 amide bonds. The number of carbonyl (C=O) groups excluding carboxylic acids is 2. The van der Waals surface area contributed by atoms with Crippen LogP contribution in [0.1, 0.15) is 58.4 Å². The van der Waals surface area contributed by atoms with Gasteiger partial charge in [-0.25, -0.2) is 19.8 Å². The van der Waals surface area contributed by atoms with E-state index >= 15 is 0 Å². The standard InChI is InChI=1S/C40H49N9O6/c1-22(28(51)16-34-43-11-12-44-34)46-31-17-29-38(2,9-8-32(52)39(29,3)20-50)30(40(31)21-54-40)15-27(47-33-7-5-6-10-42-33)25-14-24(55-36(25)53)13-23-19-49(4)35-26(23)18-45-37(41)48-35/h5-7,10-11,13-14,18-19,22,27,29-32,46,50,52H,8-9,12,15-17,20-21H2,1-4H3,(H,42,47)(H2,41,45,48)/b24-13+/t22?,27?,29?,30?,31?,32-,38+,39+,40?/m1/s1. The number of rotatable bonds is 12. The van der Waals surface area contributed by atoms with Crippen molar-refractivity contribution in [2.24, 2.45) is 39.7 Å². The maximum atomic E-state index is 13.9. The molecule has 8 rings (SSSR count). The number of hydrogen-bond acceptors (Lipinski definition) is 14. The fourth-order valence-corrected chi connectivity index (χ4v) is 9.96. The molecule has 2 saturated carbocycles. The van der Waals surface area contributed by atoms with Gasteiger partial charge in [0.05, 0.1) is 49.9 Å². The van der Waals surface area contributed by atoms with Crippen LogP contribution in [0, 0.1) is 22.7 Å². The Hall–Kier alpha value is -4.83. The van der Waals surface area contributed by atoms with Crippen molar-refractivity contribution in [3.05, 3.63) is 59.8 Å². The lowest BCUT2D eigenvalue weighted by molar-refractivity contribution is -0.184. The number of ether oxygens (including phenoxy) is 2. The number of aliphatic imine (C=N–C) groups is 2. The van der Waals surface area contributed by atoms with Crippen LogP contribution in [-0.4, -0.2) is 103 Å². The lowest BCUT2D eigenvalue weighted by atomic mass is 9.43. The lowest BCUT2D eigenvalue weighted by Gasteiger charge is -2.63. The van der Waals surface area contributed by atoms with Gasteiger partial charge in [-0.05, 0) is 74.1 Å². The van der Waals surface area contributed by atoms with Crippen LogP contribution >= 0.6 is 0 Å². The average molecular weight is 752 g/mol. The van der Waals surface area contributed by atoms with Crippen LogP contribution in [0.25, 0.3) is 17.1 Å². The van der Waals surface area contributed by atoms with E-state index in [1.165, 1.54) is 0 Å². The predicted molar refractivity (Wildman–Crippen MR) is 207 cm³/mol. The molecule has 9 atom stereocenters. The molecule has 2 aliphatic carbocycles. The van der Waals surface area contributed by atoms with Gasteiger partial charge in [0.2, 0.25) is 5.95 Å². The first-order valence-corrected chi connectivity index (χ1v) is 19.0. The number of allylic oxidation sites excluding steroid dienone is 1. The van der Waals surface area contributed by atoms with E-state index in [-0.39, 0.29) is 42.6 Å². The van der Waals surface area contributed by atoms with E-state index in [1.54, 1.807) is 30.8 Å². The molecule has 55 heavy (non-hydrogen) atoms. The Balaban J connectivity index is 1.17. The molecule has 5 aliphatic rings. The number of amidine groups is 1. The summed E-state index contributed by atoms with van der Waals surface area (Å²) in [7, 11) is 1.86. The molecule has 3 fully saturated rings. The Kier molecular flexibility index (Phi) is 9.47. The molecule has 1 saturated heterocycles. The predicted octanol–water partition coefficient (Wildman–Crippen LogP) is 2.99. The van der Waals surface area contributed by atoms with Crippen LogP contribution in [0.3, 0.4) is 0 Å². The molecule has 6 unspecified atom stereocenters. The van der Waals surface area contributed by atoms with Gasteiger partial charge >= 0.3 is 5.97 Å². The summed E-state index contributed by atoms with van der Waals surface area (Å²) >= 11 is 0. The summed E-state index contributed by atoms with van der Waals surface area (Å²) in [5, 5.41) is 30.3. The second kappa shape index (κ2) is 14.0. The number of cyclic esters (lactones) is 1. The number of esters is 1. The van der Waals surface area contributed by atoms with E-state index in [0.717, 1.165) is 10.9 Å². The van der Waals surface area contributed by atoms with Gasteiger partial charge in [0.15, 0.2) is 5.78 Å². The summed E-state index contributed by atoms with van der Waals surface area (Å²) < 4.78 is 14.3. The van der Waals surface area contributed by atoms with E-state index in [9.17, 15) is 19.8 Å². The molecule has 15 nitrogen and oxygen atoms in total. The second-order valence-electron chi connectivity index (χ2n) is 16.3. The Morgan fingerprint density at radius 1 is 1.25 bits per heavy atom. The van der Waals surface area contributed by atoms with Gasteiger partial charge in [0.1, 0.15) is 28.7 Å². The number of aliphatic hydroxyl groups excluding tert-OH is 2. The van der Waals surface area contributed by atoms with Crippen LogP contribution in [-0.2, 0) is 26.1 Å². The Morgan fingerprint density at radius 3 is 2.78 bits per heavy atom. The zero-order chi connectivity index (χ0) is 38.7. The van der Waals surface area contributed by atoms with Crippen molar-refractivity contribution in [1.29, 1.82) is 0 Å². The second-order valence-corrected chi connectivity index (χ2v) is 16.3. The number of carbonyl (C=O) groups is 2. The third-order valence-corrected chi connectivity index (χ3v) is 13.1. The van der Waals surface area contributed by atoms with Crippen LogP contribution in [0.4, 0.5) is 11.8 Å². The number of aryl methyl sites for hydroxylation is 1. The van der Waals surface area contributed by atoms with Crippen molar-refractivity contribution < 1.29 is 29.3 Å². The van der Waals surface area contributed by atoms with E-state index in [1.807, 2.05) is 49.9 Å². The highest BCUT2D eigenvalue weighted by Gasteiger charge is 2.71. The van der Waals surface area contributed by atoms with Crippen molar-refractivity contribution in [1.82, 2.24) is 24.8 Å².